The molecule has 0 unspecified atom stereocenters. The molecule has 0 saturated carbocycles. The van der Waals surface area contributed by atoms with Crippen molar-refractivity contribution >= 4 is 58.5 Å². The fourth-order valence-electron chi connectivity index (χ4n) is 2.86. The maximum absolute atomic E-state index is 14.1. The summed E-state index contributed by atoms with van der Waals surface area (Å²) < 4.78 is 34.3. The van der Waals surface area contributed by atoms with Crippen molar-refractivity contribution in [2.24, 2.45) is 0 Å². The minimum Gasteiger partial charge on any atom is -0.486 e. The summed E-state index contributed by atoms with van der Waals surface area (Å²) in [6.45, 7) is 3.60. The number of rotatable bonds is 8. The summed E-state index contributed by atoms with van der Waals surface area (Å²) in [4.78, 5) is 36.5. The SMILES string of the molecule is C=CCOc1c(Cl)cc(N(Sc2ccccc2[N+](=O)[O-])C(=O)NC(=O)c2c(F)cccc2F)cc1Cl. The van der Waals surface area contributed by atoms with Crippen LogP contribution in [-0.4, -0.2) is 23.5 Å². The molecule has 0 aliphatic carbocycles. The van der Waals surface area contributed by atoms with Crippen molar-refractivity contribution in [2.75, 3.05) is 10.9 Å². The van der Waals surface area contributed by atoms with Crippen molar-refractivity contribution in [3.05, 3.63) is 105 Å². The van der Waals surface area contributed by atoms with Crippen LogP contribution >= 0.6 is 35.1 Å². The highest BCUT2D eigenvalue weighted by atomic mass is 35.5. The Hall–Kier alpha value is -3.67. The van der Waals surface area contributed by atoms with Crippen LogP contribution in [0.5, 0.6) is 5.75 Å². The lowest BCUT2D eigenvalue weighted by Crippen LogP contribution is -2.40. The topological polar surface area (TPSA) is 102 Å². The molecule has 3 aromatic rings. The molecule has 36 heavy (non-hydrogen) atoms. The van der Waals surface area contributed by atoms with E-state index in [1.54, 1.807) is 0 Å². The van der Waals surface area contributed by atoms with E-state index in [-0.39, 0.29) is 38.7 Å². The maximum Gasteiger partial charge on any atom is 0.339 e. The van der Waals surface area contributed by atoms with E-state index in [2.05, 4.69) is 6.58 Å². The van der Waals surface area contributed by atoms with E-state index >= 15 is 0 Å². The quantitative estimate of drug-likeness (QED) is 0.142. The van der Waals surface area contributed by atoms with Crippen LogP contribution in [0.3, 0.4) is 0 Å². The number of halogens is 4. The summed E-state index contributed by atoms with van der Waals surface area (Å²) in [5.74, 6) is -3.66. The molecule has 13 heteroatoms. The number of imide groups is 1. The van der Waals surface area contributed by atoms with Gasteiger partial charge < -0.3 is 4.74 Å². The molecule has 0 aromatic heterocycles. The normalized spacial score (nSPS) is 10.4. The van der Waals surface area contributed by atoms with Crippen LogP contribution in [0.25, 0.3) is 0 Å². The highest BCUT2D eigenvalue weighted by Crippen LogP contribution is 2.41. The molecular weight excluding hydrogens is 539 g/mol. The molecule has 0 aliphatic rings. The number of ether oxygens (including phenoxy) is 1. The van der Waals surface area contributed by atoms with E-state index in [1.807, 2.05) is 5.32 Å². The number of para-hydroxylation sites is 1. The van der Waals surface area contributed by atoms with Crippen LogP contribution in [0, 0.1) is 21.7 Å². The number of nitrogens with one attached hydrogen (secondary N) is 1. The smallest absolute Gasteiger partial charge is 0.339 e. The second-order valence-electron chi connectivity index (χ2n) is 6.80. The molecule has 3 rings (SSSR count). The molecule has 3 aromatic carbocycles. The number of hydrogen-bond acceptors (Lipinski definition) is 6. The second kappa shape index (κ2) is 11.8. The summed E-state index contributed by atoms with van der Waals surface area (Å²) in [6.07, 6.45) is 1.46. The Labute approximate surface area is 217 Å². The van der Waals surface area contributed by atoms with Crippen molar-refractivity contribution in [3.8, 4) is 5.75 Å². The van der Waals surface area contributed by atoms with Gasteiger partial charge in [-0.05, 0) is 30.3 Å². The van der Waals surface area contributed by atoms with Gasteiger partial charge in [-0.15, -0.1) is 0 Å². The molecule has 0 radical (unpaired) electrons. The van der Waals surface area contributed by atoms with Crippen LogP contribution < -0.4 is 14.4 Å². The first-order valence-corrected chi connectivity index (χ1v) is 11.4. The molecule has 0 bridgehead atoms. The molecule has 3 amide bonds. The predicted molar refractivity (Wildman–Crippen MR) is 133 cm³/mol. The lowest BCUT2D eigenvalue weighted by atomic mass is 10.2. The number of urea groups is 1. The van der Waals surface area contributed by atoms with Crippen molar-refractivity contribution in [1.82, 2.24) is 5.32 Å². The Bertz CT molecular complexity index is 1320. The van der Waals surface area contributed by atoms with Gasteiger partial charge >= 0.3 is 6.03 Å². The van der Waals surface area contributed by atoms with Crippen LogP contribution in [-0.2, 0) is 0 Å². The van der Waals surface area contributed by atoms with Crippen molar-refractivity contribution in [3.63, 3.8) is 0 Å². The summed E-state index contributed by atoms with van der Waals surface area (Å²) in [5, 5.41) is 13.3. The fourth-order valence-corrected chi connectivity index (χ4v) is 4.36. The van der Waals surface area contributed by atoms with Crippen LogP contribution in [0.15, 0.2) is 72.1 Å². The third-order valence-electron chi connectivity index (χ3n) is 4.41. The average Bonchev–Trinajstić information content (AvgIpc) is 2.82. The summed E-state index contributed by atoms with van der Waals surface area (Å²) >= 11 is 13.1. The number of nitro benzene ring substituents is 1. The highest BCUT2D eigenvalue weighted by Gasteiger charge is 2.27. The van der Waals surface area contributed by atoms with Crippen molar-refractivity contribution in [2.45, 2.75) is 4.90 Å². The standard InChI is InChI=1S/C23H15Cl2F2N3O5S/c1-2-10-35-21-14(24)11-13(12-15(21)25)29(36-19-9-4-3-8-18(19)30(33)34)23(32)28-22(31)20-16(26)6-5-7-17(20)27/h2-9,11-12H,1,10H2,(H,28,31,32). The second-order valence-corrected chi connectivity index (χ2v) is 8.61. The molecular formula is C23H15Cl2F2N3O5S. The Morgan fingerprint density at radius 1 is 1.11 bits per heavy atom. The Morgan fingerprint density at radius 3 is 2.31 bits per heavy atom. The monoisotopic (exact) mass is 553 g/mol. The minimum absolute atomic E-state index is 0.0152. The lowest BCUT2D eigenvalue weighted by Gasteiger charge is -2.22. The zero-order chi connectivity index (χ0) is 26.4. The first kappa shape index (κ1) is 26.9. The maximum atomic E-state index is 14.1. The van der Waals surface area contributed by atoms with Gasteiger partial charge in [0.25, 0.3) is 11.6 Å². The first-order chi connectivity index (χ1) is 17.1. The number of benzene rings is 3. The van der Waals surface area contributed by atoms with E-state index in [0.717, 1.165) is 22.5 Å². The van der Waals surface area contributed by atoms with Gasteiger partial charge in [0.15, 0.2) is 5.75 Å². The van der Waals surface area contributed by atoms with Gasteiger partial charge in [0.05, 0.1) is 20.7 Å². The van der Waals surface area contributed by atoms with Crippen LogP contribution in [0.2, 0.25) is 10.0 Å². The van der Waals surface area contributed by atoms with Gasteiger partial charge in [-0.2, -0.15) is 0 Å². The summed E-state index contributed by atoms with van der Waals surface area (Å²) in [5.41, 5.74) is -1.33. The van der Waals surface area contributed by atoms with Gasteiger partial charge in [0.2, 0.25) is 0 Å². The van der Waals surface area contributed by atoms with Gasteiger partial charge in [0, 0.05) is 18.0 Å². The van der Waals surface area contributed by atoms with E-state index in [4.69, 9.17) is 27.9 Å². The molecule has 186 valence electrons. The molecule has 0 spiro atoms. The first-order valence-electron chi connectivity index (χ1n) is 9.87. The Kier molecular flexibility index (Phi) is 8.86. The van der Waals surface area contributed by atoms with Crippen molar-refractivity contribution < 1.29 is 28.0 Å². The van der Waals surface area contributed by atoms with Gasteiger partial charge in [-0.25, -0.2) is 17.9 Å². The van der Waals surface area contributed by atoms with E-state index in [9.17, 15) is 28.5 Å². The summed E-state index contributed by atoms with van der Waals surface area (Å²) in [6, 6.07) is 9.61. The molecule has 8 nitrogen and oxygen atoms in total. The molecule has 0 saturated heterocycles. The van der Waals surface area contributed by atoms with E-state index in [0.29, 0.717) is 11.9 Å². The number of carbonyl (C=O) groups is 2. The Balaban J connectivity index is 2.04. The molecule has 1 N–H and O–H groups in total. The third kappa shape index (κ3) is 6.11. The number of hydrogen-bond donors (Lipinski definition) is 1. The van der Waals surface area contributed by atoms with Crippen LogP contribution in [0.1, 0.15) is 10.4 Å². The molecule has 0 fully saturated rings. The highest BCUT2D eigenvalue weighted by molar-refractivity contribution is 8.01. The van der Waals surface area contributed by atoms with Gasteiger partial charge in [-0.3, -0.25) is 20.2 Å². The summed E-state index contributed by atoms with van der Waals surface area (Å²) in [7, 11) is 0. The van der Waals surface area contributed by atoms with E-state index < -0.39 is 34.1 Å². The van der Waals surface area contributed by atoms with E-state index in [1.165, 1.54) is 42.5 Å². The van der Waals surface area contributed by atoms with Crippen LogP contribution in [0.4, 0.5) is 25.0 Å². The number of nitrogens with zero attached hydrogens (tertiary/aromatic N) is 2. The number of nitro groups is 1. The Morgan fingerprint density at radius 2 is 1.72 bits per heavy atom. The van der Waals surface area contributed by atoms with Crippen molar-refractivity contribution in [1.29, 1.82) is 0 Å². The number of amides is 3. The number of carbonyl (C=O) groups excluding carboxylic acids is 2. The zero-order valence-corrected chi connectivity index (χ0v) is 20.4. The van der Waals surface area contributed by atoms with Gasteiger partial charge in [0.1, 0.15) is 28.7 Å². The van der Waals surface area contributed by atoms with Gasteiger partial charge in [-0.1, -0.05) is 54.1 Å². The third-order valence-corrected chi connectivity index (χ3v) is 6.07. The average molecular weight is 554 g/mol. The largest absolute Gasteiger partial charge is 0.486 e. The zero-order valence-electron chi connectivity index (χ0n) is 18.0. The molecule has 0 aliphatic heterocycles. The predicted octanol–water partition coefficient (Wildman–Crippen LogP) is 6.81. The lowest BCUT2D eigenvalue weighted by molar-refractivity contribution is -0.387. The fraction of sp³-hybridized carbons (Fsp3) is 0.0435. The minimum atomic E-state index is -1.37. The number of anilines is 1. The molecule has 0 atom stereocenters. The molecule has 0 heterocycles.